The van der Waals surface area contributed by atoms with Gasteiger partial charge in [0, 0.05) is 18.2 Å². The molecule has 128 valence electrons. The van der Waals surface area contributed by atoms with Crippen molar-refractivity contribution in [2.45, 2.75) is 6.04 Å². The van der Waals surface area contributed by atoms with Crippen LogP contribution in [0.4, 0.5) is 0 Å². The van der Waals surface area contributed by atoms with E-state index < -0.39 is 0 Å². The van der Waals surface area contributed by atoms with E-state index in [9.17, 15) is 4.79 Å². The highest BCUT2D eigenvalue weighted by Crippen LogP contribution is 2.25. The minimum absolute atomic E-state index is 0.0592. The first-order valence-corrected chi connectivity index (χ1v) is 8.61. The number of nitrogens with zero attached hydrogens (tertiary/aromatic N) is 1. The van der Waals surface area contributed by atoms with E-state index in [0.29, 0.717) is 18.7 Å². The van der Waals surface area contributed by atoms with Crippen LogP contribution in [-0.2, 0) is 0 Å². The number of benzene rings is 2. The van der Waals surface area contributed by atoms with Gasteiger partial charge < -0.3 is 15.0 Å². The molecule has 1 N–H and O–H groups in total. The van der Waals surface area contributed by atoms with Gasteiger partial charge in [0.2, 0.25) is 0 Å². The van der Waals surface area contributed by atoms with E-state index in [0.717, 1.165) is 10.2 Å². The number of ether oxygens (including phenoxy) is 1. The van der Waals surface area contributed by atoms with Gasteiger partial charge in [0.25, 0.3) is 0 Å². The van der Waals surface area contributed by atoms with E-state index in [2.05, 4.69) is 38.3 Å². The first-order chi connectivity index (χ1) is 11.5. The predicted octanol–water partition coefficient (Wildman–Crippen LogP) is 3.53. The topological polar surface area (TPSA) is 41.6 Å². The number of halogens is 1. The molecule has 0 radical (unpaired) electrons. The average molecular weight is 391 g/mol. The summed E-state index contributed by atoms with van der Waals surface area (Å²) in [6, 6.07) is 15.9. The lowest BCUT2D eigenvalue weighted by atomic mass is 10.1. The van der Waals surface area contributed by atoms with Crippen molar-refractivity contribution < 1.29 is 9.53 Å². The Labute approximate surface area is 151 Å². The van der Waals surface area contributed by atoms with Crippen LogP contribution in [0.2, 0.25) is 0 Å². The van der Waals surface area contributed by atoms with Crippen molar-refractivity contribution in [3.8, 4) is 5.75 Å². The number of ketones is 1. The molecule has 0 aliphatic heterocycles. The minimum atomic E-state index is 0.0592. The van der Waals surface area contributed by atoms with E-state index >= 15 is 0 Å². The van der Waals surface area contributed by atoms with Crippen molar-refractivity contribution in [3.05, 3.63) is 64.1 Å². The monoisotopic (exact) mass is 390 g/mol. The van der Waals surface area contributed by atoms with Crippen LogP contribution >= 0.6 is 15.9 Å². The molecule has 0 aliphatic rings. The van der Waals surface area contributed by atoms with Gasteiger partial charge in [-0.2, -0.15) is 0 Å². The molecule has 1 atom stereocenters. The number of hydrogen-bond donors (Lipinski definition) is 1. The molecule has 2 aromatic carbocycles. The zero-order valence-electron chi connectivity index (χ0n) is 14.3. The Morgan fingerprint density at radius 2 is 1.92 bits per heavy atom. The second-order valence-corrected chi connectivity index (χ2v) is 6.65. The zero-order chi connectivity index (χ0) is 17.5. The lowest BCUT2D eigenvalue weighted by molar-refractivity contribution is 0.0988. The molecule has 0 saturated heterocycles. The fourth-order valence-corrected chi connectivity index (χ4v) is 3.08. The highest BCUT2D eigenvalue weighted by atomic mass is 79.9. The van der Waals surface area contributed by atoms with Crippen LogP contribution in [0.1, 0.15) is 22.0 Å². The van der Waals surface area contributed by atoms with Gasteiger partial charge in [-0.3, -0.25) is 4.79 Å². The van der Waals surface area contributed by atoms with Crippen LogP contribution in [0.3, 0.4) is 0 Å². The lowest BCUT2D eigenvalue weighted by Gasteiger charge is -2.25. The van der Waals surface area contributed by atoms with Crippen molar-refractivity contribution in [3.63, 3.8) is 0 Å². The van der Waals surface area contributed by atoms with Gasteiger partial charge in [-0.25, -0.2) is 0 Å². The Morgan fingerprint density at radius 3 is 2.50 bits per heavy atom. The van der Waals surface area contributed by atoms with E-state index in [-0.39, 0.29) is 11.8 Å². The zero-order valence-corrected chi connectivity index (χ0v) is 15.8. The van der Waals surface area contributed by atoms with Gasteiger partial charge in [0.05, 0.1) is 18.1 Å². The second-order valence-electron chi connectivity index (χ2n) is 5.79. The summed E-state index contributed by atoms with van der Waals surface area (Å²) >= 11 is 3.41. The number of carbonyl (C=O) groups excluding carboxylic acids is 1. The van der Waals surface area contributed by atoms with Crippen molar-refractivity contribution >= 4 is 21.7 Å². The minimum Gasteiger partial charge on any atom is -0.496 e. The number of methoxy groups -OCH3 is 1. The molecular formula is C19H23BrN2O2. The Bertz CT molecular complexity index is 674. The molecule has 2 aromatic rings. The molecule has 24 heavy (non-hydrogen) atoms. The standard InChI is InChI=1S/C19H23BrN2O2/c1-22(2)17(14-7-5-4-6-8-14)12-21-13-18(23)15-9-10-19(24-3)16(20)11-15/h4-11,17,21H,12-13H2,1-3H3. The summed E-state index contributed by atoms with van der Waals surface area (Å²) in [5.41, 5.74) is 1.89. The second kappa shape index (κ2) is 8.97. The number of carbonyl (C=O) groups is 1. The maximum absolute atomic E-state index is 12.3. The third-order valence-electron chi connectivity index (χ3n) is 3.90. The van der Waals surface area contributed by atoms with E-state index in [1.807, 2.05) is 32.3 Å². The molecule has 0 aliphatic carbocycles. The highest BCUT2D eigenvalue weighted by molar-refractivity contribution is 9.10. The molecule has 0 amide bonds. The maximum atomic E-state index is 12.3. The number of likely N-dealkylation sites (N-methyl/N-ethyl adjacent to an activating group) is 1. The van der Waals surface area contributed by atoms with E-state index in [4.69, 9.17) is 4.74 Å². The molecule has 0 bridgehead atoms. The van der Waals surface area contributed by atoms with Crippen LogP contribution in [0, 0.1) is 0 Å². The summed E-state index contributed by atoms with van der Waals surface area (Å²) in [6.45, 7) is 1.01. The number of hydrogen-bond acceptors (Lipinski definition) is 4. The molecule has 0 spiro atoms. The van der Waals surface area contributed by atoms with Gasteiger partial charge in [-0.1, -0.05) is 30.3 Å². The van der Waals surface area contributed by atoms with Gasteiger partial charge in [-0.15, -0.1) is 0 Å². The summed E-state index contributed by atoms with van der Waals surface area (Å²) < 4.78 is 5.97. The summed E-state index contributed by atoms with van der Waals surface area (Å²) in [5.74, 6) is 0.778. The van der Waals surface area contributed by atoms with Crippen molar-refractivity contribution in [2.75, 3.05) is 34.3 Å². The predicted molar refractivity (Wildman–Crippen MR) is 101 cm³/mol. The van der Waals surface area contributed by atoms with Crippen LogP contribution < -0.4 is 10.1 Å². The molecule has 5 heteroatoms. The van der Waals surface area contributed by atoms with Crippen LogP contribution in [-0.4, -0.2) is 45.0 Å². The third-order valence-corrected chi connectivity index (χ3v) is 4.52. The van der Waals surface area contributed by atoms with E-state index in [1.54, 1.807) is 25.3 Å². The summed E-state index contributed by atoms with van der Waals surface area (Å²) in [6.07, 6.45) is 0. The largest absolute Gasteiger partial charge is 0.496 e. The Hall–Kier alpha value is -1.69. The summed E-state index contributed by atoms with van der Waals surface area (Å²) in [4.78, 5) is 14.5. The van der Waals surface area contributed by atoms with Crippen LogP contribution in [0.25, 0.3) is 0 Å². The molecule has 2 rings (SSSR count). The lowest BCUT2D eigenvalue weighted by Crippen LogP contribution is -2.33. The Balaban J connectivity index is 1.94. The SMILES string of the molecule is COc1ccc(C(=O)CNCC(c2ccccc2)N(C)C)cc1Br. The van der Waals surface area contributed by atoms with Crippen molar-refractivity contribution in [2.24, 2.45) is 0 Å². The average Bonchev–Trinajstić information content (AvgIpc) is 2.58. The quantitative estimate of drug-likeness (QED) is 0.699. The fourth-order valence-electron chi connectivity index (χ4n) is 2.54. The first kappa shape index (κ1) is 18.6. The van der Waals surface area contributed by atoms with Gasteiger partial charge in [-0.05, 0) is 53.8 Å². The third kappa shape index (κ3) is 4.90. The van der Waals surface area contributed by atoms with Crippen molar-refractivity contribution in [1.82, 2.24) is 10.2 Å². The van der Waals surface area contributed by atoms with E-state index in [1.165, 1.54) is 5.56 Å². The van der Waals surface area contributed by atoms with Gasteiger partial charge >= 0.3 is 0 Å². The summed E-state index contributed by atoms with van der Waals surface area (Å²) in [7, 11) is 5.69. The maximum Gasteiger partial charge on any atom is 0.176 e. The molecule has 0 heterocycles. The van der Waals surface area contributed by atoms with Gasteiger partial charge in [0.15, 0.2) is 5.78 Å². The molecule has 0 saturated carbocycles. The summed E-state index contributed by atoms with van der Waals surface area (Å²) in [5, 5.41) is 3.27. The number of rotatable bonds is 8. The first-order valence-electron chi connectivity index (χ1n) is 7.81. The molecular weight excluding hydrogens is 368 g/mol. The number of nitrogens with one attached hydrogen (secondary N) is 1. The smallest absolute Gasteiger partial charge is 0.176 e. The highest BCUT2D eigenvalue weighted by Gasteiger charge is 2.14. The Kier molecular flexibility index (Phi) is 6.97. The van der Waals surface area contributed by atoms with Crippen molar-refractivity contribution in [1.29, 1.82) is 0 Å². The molecule has 0 aromatic heterocycles. The fraction of sp³-hybridized carbons (Fsp3) is 0.316. The normalized spacial score (nSPS) is 12.2. The number of Topliss-reactive ketones (excluding diaryl/α,β-unsaturated/α-hetero) is 1. The van der Waals surface area contributed by atoms with Gasteiger partial charge in [0.1, 0.15) is 5.75 Å². The Morgan fingerprint density at radius 1 is 1.21 bits per heavy atom. The molecule has 1 unspecified atom stereocenters. The van der Waals surface area contributed by atoms with Crippen LogP contribution in [0.5, 0.6) is 5.75 Å². The molecule has 0 fully saturated rings. The van der Waals surface area contributed by atoms with Crippen LogP contribution in [0.15, 0.2) is 53.0 Å². The molecule has 4 nitrogen and oxygen atoms in total.